The Morgan fingerprint density at radius 1 is 0.591 bits per heavy atom. The molecular formula is C41H28N2O. The summed E-state index contributed by atoms with van der Waals surface area (Å²) in [7, 11) is 0. The van der Waals surface area contributed by atoms with Gasteiger partial charge >= 0.3 is 0 Å². The molecule has 44 heavy (non-hydrogen) atoms. The Morgan fingerprint density at radius 2 is 1.27 bits per heavy atom. The van der Waals surface area contributed by atoms with Crippen LogP contribution in [0.25, 0.3) is 82.5 Å². The number of hydrogen-bond acceptors (Lipinski definition) is 2. The maximum Gasteiger partial charge on any atom is 0.135 e. The summed E-state index contributed by atoms with van der Waals surface area (Å²) in [5.74, 6) is -0.161. The monoisotopic (exact) mass is 569 g/mol. The first-order valence-electron chi connectivity index (χ1n) is 17.1. The third kappa shape index (κ3) is 3.66. The van der Waals surface area contributed by atoms with Gasteiger partial charge in [0.2, 0.25) is 0 Å². The predicted octanol–water partition coefficient (Wildman–Crippen LogP) is 11.1. The van der Waals surface area contributed by atoms with Crippen LogP contribution in [0.3, 0.4) is 0 Å². The lowest BCUT2D eigenvalue weighted by Gasteiger charge is -2.20. The highest BCUT2D eigenvalue weighted by Gasteiger charge is 2.21. The number of aryl methyl sites for hydroxylation is 1. The molecule has 0 aliphatic rings. The van der Waals surface area contributed by atoms with Crippen LogP contribution in [0, 0.1) is 0 Å². The van der Waals surface area contributed by atoms with Gasteiger partial charge < -0.3 is 4.42 Å². The van der Waals surface area contributed by atoms with E-state index in [2.05, 4.69) is 59.6 Å². The summed E-state index contributed by atoms with van der Waals surface area (Å²) in [5, 5.41) is 5.64. The van der Waals surface area contributed by atoms with Crippen LogP contribution in [0.2, 0.25) is 0 Å². The van der Waals surface area contributed by atoms with Gasteiger partial charge in [-0.2, -0.15) is 0 Å². The summed E-state index contributed by atoms with van der Waals surface area (Å²) in [6.45, 7) is -2.96. The Balaban J connectivity index is 1.46. The van der Waals surface area contributed by atoms with Crippen LogP contribution in [0.4, 0.5) is 0 Å². The lowest BCUT2D eigenvalue weighted by Crippen LogP contribution is -2.03. The van der Waals surface area contributed by atoms with E-state index in [-0.39, 0.29) is 5.82 Å². The second kappa shape index (κ2) is 9.68. The average molecular weight is 570 g/mol. The number of hydrogen-bond donors (Lipinski definition) is 0. The smallest absolute Gasteiger partial charge is 0.135 e. The van der Waals surface area contributed by atoms with Crippen LogP contribution in [0.1, 0.15) is 19.5 Å². The van der Waals surface area contributed by atoms with Gasteiger partial charge in [0.15, 0.2) is 0 Å². The number of benzene rings is 7. The fraction of sp³-hybridized carbons (Fsp3) is 0.0488. The molecule has 9 rings (SSSR count). The SMILES string of the molecule is [2H]C([2H])([2H])C([2H])([2H])c1nc2ccccc2n1-c1c2ccccc2c(-c2ccc3oc4ccccc4c3c2)c2cc(-c3ccccc3)ccc12. The summed E-state index contributed by atoms with van der Waals surface area (Å²) in [6, 6.07) is 46.3. The first kappa shape index (κ1) is 20.3. The van der Waals surface area contributed by atoms with Gasteiger partial charge in [-0.15, -0.1) is 0 Å². The number of fused-ring (bicyclic) bond motifs is 6. The minimum Gasteiger partial charge on any atom is -0.456 e. The lowest BCUT2D eigenvalue weighted by molar-refractivity contribution is 0.669. The van der Waals surface area contributed by atoms with E-state index in [0.717, 1.165) is 65.7 Å². The van der Waals surface area contributed by atoms with Crippen molar-refractivity contribution < 1.29 is 11.3 Å². The van der Waals surface area contributed by atoms with Crippen molar-refractivity contribution in [3.05, 3.63) is 145 Å². The van der Waals surface area contributed by atoms with E-state index in [1.165, 1.54) is 0 Å². The zero-order valence-corrected chi connectivity index (χ0v) is 23.6. The van der Waals surface area contributed by atoms with Crippen LogP contribution in [0.15, 0.2) is 144 Å². The number of furan rings is 1. The van der Waals surface area contributed by atoms with E-state index in [1.807, 2.05) is 78.9 Å². The molecule has 0 amide bonds. The van der Waals surface area contributed by atoms with Crippen LogP contribution in [0.5, 0.6) is 0 Å². The molecule has 3 nitrogen and oxygen atoms in total. The second-order valence-electron chi connectivity index (χ2n) is 11.1. The zero-order valence-electron chi connectivity index (χ0n) is 28.6. The number of rotatable bonds is 4. The molecule has 0 aliphatic carbocycles. The highest BCUT2D eigenvalue weighted by Crippen LogP contribution is 2.44. The summed E-state index contributed by atoms with van der Waals surface area (Å²) in [5.41, 5.74) is 7.58. The summed E-state index contributed by atoms with van der Waals surface area (Å²) < 4.78 is 50.4. The van der Waals surface area contributed by atoms with E-state index in [0.29, 0.717) is 16.7 Å². The van der Waals surface area contributed by atoms with Crippen molar-refractivity contribution in [1.82, 2.24) is 9.55 Å². The van der Waals surface area contributed by atoms with Crippen LogP contribution in [-0.2, 0) is 6.37 Å². The van der Waals surface area contributed by atoms with Gasteiger partial charge in [0.1, 0.15) is 17.0 Å². The van der Waals surface area contributed by atoms with Gasteiger partial charge in [0.25, 0.3) is 0 Å². The average Bonchev–Trinajstić information content (AvgIpc) is 3.69. The van der Waals surface area contributed by atoms with E-state index in [4.69, 9.17) is 11.3 Å². The molecule has 0 atom stereocenters. The summed E-state index contributed by atoms with van der Waals surface area (Å²) >= 11 is 0. The van der Waals surface area contributed by atoms with Gasteiger partial charge in [-0.3, -0.25) is 4.57 Å². The fourth-order valence-corrected chi connectivity index (χ4v) is 6.74. The molecule has 0 aliphatic heterocycles. The molecule has 0 bridgehead atoms. The van der Waals surface area contributed by atoms with Crippen molar-refractivity contribution in [1.29, 1.82) is 0 Å². The first-order chi connectivity index (χ1) is 23.7. The number of nitrogens with zero attached hydrogens (tertiary/aromatic N) is 2. The standard InChI is InChI=1S/C41H28N2O/c1-2-39-42-35-17-9-10-18-36(35)43(39)41-31-16-7-6-15-30(31)40(34-24-27(20-22-32(34)41)26-12-4-3-5-13-26)28-21-23-38-33(25-28)29-14-8-11-19-37(29)44-38/h3-25H,2H2,1H3/i1D3,2D2. The molecule has 0 unspecified atom stereocenters. The lowest BCUT2D eigenvalue weighted by atomic mass is 9.88. The molecule has 0 N–H and O–H groups in total. The number of imidazole rings is 1. The Kier molecular flexibility index (Phi) is 4.46. The van der Waals surface area contributed by atoms with E-state index < -0.39 is 13.2 Å². The van der Waals surface area contributed by atoms with Gasteiger partial charge in [0.05, 0.1) is 16.7 Å². The topological polar surface area (TPSA) is 31.0 Å². The number of para-hydroxylation sites is 3. The second-order valence-corrected chi connectivity index (χ2v) is 11.1. The first-order valence-corrected chi connectivity index (χ1v) is 14.6. The van der Waals surface area contributed by atoms with Crippen molar-refractivity contribution >= 4 is 54.5 Å². The highest BCUT2D eigenvalue weighted by atomic mass is 16.3. The Bertz CT molecular complexity index is 2740. The Hall–Kier alpha value is -5.67. The minimum atomic E-state index is -2.96. The van der Waals surface area contributed by atoms with Crippen LogP contribution >= 0.6 is 0 Å². The molecule has 0 saturated carbocycles. The molecular weight excluding hydrogens is 536 g/mol. The van der Waals surface area contributed by atoms with Crippen molar-refractivity contribution in [3.63, 3.8) is 0 Å². The molecule has 0 saturated heterocycles. The van der Waals surface area contributed by atoms with Crippen LogP contribution < -0.4 is 0 Å². The van der Waals surface area contributed by atoms with Crippen molar-refractivity contribution in [3.8, 4) is 27.9 Å². The van der Waals surface area contributed by atoms with Gasteiger partial charge in [0, 0.05) is 34.8 Å². The van der Waals surface area contributed by atoms with Crippen molar-refractivity contribution in [2.45, 2.75) is 13.2 Å². The van der Waals surface area contributed by atoms with Gasteiger partial charge in [-0.1, -0.05) is 110 Å². The van der Waals surface area contributed by atoms with Gasteiger partial charge in [-0.25, -0.2) is 4.98 Å². The van der Waals surface area contributed by atoms with E-state index >= 15 is 0 Å². The zero-order chi connectivity index (χ0) is 33.5. The predicted molar refractivity (Wildman–Crippen MR) is 184 cm³/mol. The number of aromatic nitrogens is 2. The molecule has 0 spiro atoms. The summed E-state index contributed by atoms with van der Waals surface area (Å²) in [6.07, 6.45) is -2.74. The third-order valence-corrected chi connectivity index (χ3v) is 8.66. The van der Waals surface area contributed by atoms with Gasteiger partial charge in [-0.05, 0) is 69.4 Å². The molecule has 208 valence electrons. The maximum atomic E-state index is 8.92. The molecule has 0 radical (unpaired) electrons. The van der Waals surface area contributed by atoms with E-state index in [1.54, 1.807) is 10.6 Å². The molecule has 0 fully saturated rings. The highest BCUT2D eigenvalue weighted by molar-refractivity contribution is 6.20. The Morgan fingerprint density at radius 3 is 2.16 bits per heavy atom. The largest absolute Gasteiger partial charge is 0.456 e. The van der Waals surface area contributed by atoms with Crippen LogP contribution in [-0.4, -0.2) is 9.55 Å². The molecule has 2 heterocycles. The molecule has 7 aromatic carbocycles. The fourth-order valence-electron chi connectivity index (χ4n) is 6.74. The molecule has 3 heteroatoms. The summed E-state index contributed by atoms with van der Waals surface area (Å²) in [4.78, 5) is 4.66. The molecule has 9 aromatic rings. The minimum absolute atomic E-state index is 0.161. The Labute approximate surface area is 261 Å². The third-order valence-electron chi connectivity index (χ3n) is 8.66. The quantitative estimate of drug-likeness (QED) is 0.197. The van der Waals surface area contributed by atoms with Crippen molar-refractivity contribution in [2.24, 2.45) is 0 Å². The van der Waals surface area contributed by atoms with Crippen molar-refractivity contribution in [2.75, 3.05) is 0 Å². The normalized spacial score (nSPS) is 14.1. The maximum absolute atomic E-state index is 8.92. The molecule has 2 aromatic heterocycles. The van der Waals surface area contributed by atoms with E-state index in [9.17, 15) is 0 Å².